The lowest BCUT2D eigenvalue weighted by molar-refractivity contribution is 0.420. The maximum absolute atomic E-state index is 2.58. The van der Waals surface area contributed by atoms with Gasteiger partial charge in [-0.15, -0.1) is 0 Å². The van der Waals surface area contributed by atoms with Crippen LogP contribution in [0, 0.1) is 11.8 Å². The minimum absolute atomic E-state index is 0.172. The molecule has 3 unspecified atom stereocenters. The van der Waals surface area contributed by atoms with Crippen LogP contribution in [-0.2, 0) is 5.41 Å². The zero-order valence-corrected chi connectivity index (χ0v) is 33.6. The van der Waals surface area contributed by atoms with E-state index in [1.165, 1.54) is 141 Å². The van der Waals surface area contributed by atoms with E-state index in [9.17, 15) is 0 Å². The van der Waals surface area contributed by atoms with Crippen molar-refractivity contribution in [1.29, 1.82) is 0 Å². The van der Waals surface area contributed by atoms with Crippen molar-refractivity contribution in [2.75, 3.05) is 4.90 Å². The number of nitrogens with zero attached hydrogens (tertiary/aromatic N) is 1. The number of hydrogen-bond acceptors (Lipinski definition) is 1. The summed E-state index contributed by atoms with van der Waals surface area (Å²) in [5.74, 6) is 3.19. The van der Waals surface area contributed by atoms with Crippen LogP contribution in [0.15, 0.2) is 152 Å². The van der Waals surface area contributed by atoms with Gasteiger partial charge in [0, 0.05) is 22.4 Å². The topological polar surface area (TPSA) is 3.24 Å². The highest BCUT2D eigenvalue weighted by atomic mass is 15.1. The average molecular weight is 740 g/mol. The third-order valence-corrected chi connectivity index (χ3v) is 14.7. The minimum Gasteiger partial charge on any atom is -0.310 e. The van der Waals surface area contributed by atoms with Crippen LogP contribution in [0.25, 0.3) is 44.2 Å². The van der Waals surface area contributed by atoms with Crippen molar-refractivity contribution in [3.05, 3.63) is 174 Å². The Labute approximate surface area is 339 Å². The molecular weight excluding hydrogens is 687 g/mol. The Kier molecular flexibility index (Phi) is 8.50. The van der Waals surface area contributed by atoms with Gasteiger partial charge < -0.3 is 4.90 Å². The van der Waals surface area contributed by atoms with Crippen molar-refractivity contribution < 1.29 is 0 Å². The van der Waals surface area contributed by atoms with Gasteiger partial charge in [0.1, 0.15) is 0 Å². The lowest BCUT2D eigenvalue weighted by Crippen LogP contribution is -2.17. The molecule has 4 aliphatic carbocycles. The number of hydrogen-bond donors (Lipinski definition) is 0. The Balaban J connectivity index is 1.10. The van der Waals surface area contributed by atoms with Gasteiger partial charge in [-0.2, -0.15) is 0 Å². The maximum Gasteiger partial charge on any atom is 0.0543 e. The normalized spacial score (nSPS) is 20.8. The first-order valence-corrected chi connectivity index (χ1v) is 21.9. The van der Waals surface area contributed by atoms with Gasteiger partial charge in [0.2, 0.25) is 0 Å². The third-order valence-electron chi connectivity index (χ3n) is 14.7. The molecule has 3 fully saturated rings. The average Bonchev–Trinajstić information content (AvgIpc) is 3.97. The van der Waals surface area contributed by atoms with Gasteiger partial charge in [-0.1, -0.05) is 149 Å². The summed E-state index contributed by atoms with van der Waals surface area (Å²) in [5.41, 5.74) is 17.1. The van der Waals surface area contributed by atoms with Gasteiger partial charge in [-0.25, -0.2) is 0 Å². The highest BCUT2D eigenvalue weighted by Crippen LogP contribution is 2.56. The predicted octanol–water partition coefficient (Wildman–Crippen LogP) is 15.9. The molecule has 7 aromatic carbocycles. The zero-order valence-electron chi connectivity index (χ0n) is 33.6. The van der Waals surface area contributed by atoms with E-state index in [2.05, 4.69) is 170 Å². The molecule has 0 aliphatic heterocycles. The van der Waals surface area contributed by atoms with Gasteiger partial charge in [0.25, 0.3) is 0 Å². The molecule has 0 radical (unpaired) electrons. The smallest absolute Gasteiger partial charge is 0.0543 e. The molecule has 3 saturated carbocycles. The van der Waals surface area contributed by atoms with Crippen LogP contribution in [0.1, 0.15) is 106 Å². The number of rotatable bonds is 7. The molecule has 0 N–H and O–H groups in total. The number of anilines is 3. The van der Waals surface area contributed by atoms with Crippen molar-refractivity contribution in [2.24, 2.45) is 11.8 Å². The van der Waals surface area contributed by atoms with Crippen molar-refractivity contribution in [3.8, 4) is 33.4 Å². The summed E-state index contributed by atoms with van der Waals surface area (Å²) >= 11 is 0. The second-order valence-electron chi connectivity index (χ2n) is 18.4. The molecule has 1 heteroatoms. The summed E-state index contributed by atoms with van der Waals surface area (Å²) in [6, 6.07) is 58.4. The standard InChI is InChI=1S/C56H53N/c1-56(2)53-34-44(39-14-8-4-9-15-39)25-29-49(53)52-35-51(41-16-10-5-11-17-41)55(36-54(52)56)57(47-26-23-42(24-27-47)50-31-37-18-19-45(50)30-37)48-28-22-40-20-21-43(32-46(40)33-48)38-12-6-3-7-13-38/h4-5,8-11,14-17,20-29,32-38,45,50H,3,6-7,12-13,18-19,30-31H2,1-2H3. The van der Waals surface area contributed by atoms with Gasteiger partial charge in [-0.3, -0.25) is 0 Å². The molecule has 282 valence electrons. The summed E-state index contributed by atoms with van der Waals surface area (Å²) in [6.07, 6.45) is 12.3. The lowest BCUT2D eigenvalue weighted by atomic mass is 9.81. The molecule has 4 aliphatic rings. The summed E-state index contributed by atoms with van der Waals surface area (Å²) in [7, 11) is 0. The Bertz CT molecular complexity index is 2590. The second-order valence-corrected chi connectivity index (χ2v) is 18.4. The van der Waals surface area contributed by atoms with Gasteiger partial charge in [-0.05, 0) is 159 Å². The molecule has 2 bridgehead atoms. The van der Waals surface area contributed by atoms with Gasteiger partial charge >= 0.3 is 0 Å². The number of benzene rings is 7. The summed E-state index contributed by atoms with van der Waals surface area (Å²) in [6.45, 7) is 4.85. The minimum atomic E-state index is -0.172. The predicted molar refractivity (Wildman–Crippen MR) is 241 cm³/mol. The van der Waals surface area contributed by atoms with Crippen LogP contribution in [0.3, 0.4) is 0 Å². The highest BCUT2D eigenvalue weighted by molar-refractivity contribution is 5.97. The van der Waals surface area contributed by atoms with Crippen LogP contribution < -0.4 is 4.90 Å². The first kappa shape index (κ1) is 34.8. The quantitative estimate of drug-likeness (QED) is 0.157. The van der Waals surface area contributed by atoms with E-state index in [0.717, 1.165) is 11.8 Å². The monoisotopic (exact) mass is 739 g/mol. The fourth-order valence-electron chi connectivity index (χ4n) is 11.6. The molecule has 7 aromatic rings. The van der Waals surface area contributed by atoms with E-state index in [-0.39, 0.29) is 5.41 Å². The lowest BCUT2D eigenvalue weighted by Gasteiger charge is -2.31. The van der Waals surface area contributed by atoms with Crippen molar-refractivity contribution in [3.63, 3.8) is 0 Å². The van der Waals surface area contributed by atoms with E-state index in [4.69, 9.17) is 0 Å². The zero-order chi connectivity index (χ0) is 38.1. The molecule has 11 rings (SSSR count). The molecular formula is C56H53N. The Hall–Kier alpha value is -5.40. The van der Waals surface area contributed by atoms with E-state index in [0.29, 0.717) is 11.8 Å². The Morgan fingerprint density at radius 2 is 1.18 bits per heavy atom. The van der Waals surface area contributed by atoms with E-state index < -0.39 is 0 Å². The highest BCUT2D eigenvalue weighted by Gasteiger charge is 2.40. The summed E-state index contributed by atoms with van der Waals surface area (Å²) < 4.78 is 0. The van der Waals surface area contributed by atoms with Gasteiger partial charge in [0.15, 0.2) is 0 Å². The first-order valence-electron chi connectivity index (χ1n) is 21.9. The first-order chi connectivity index (χ1) is 28.0. The molecule has 3 atom stereocenters. The molecule has 0 heterocycles. The molecule has 0 aromatic heterocycles. The summed E-state index contributed by atoms with van der Waals surface area (Å²) in [4.78, 5) is 2.58. The fraction of sp³-hybridized carbons (Fsp3) is 0.286. The second kappa shape index (κ2) is 13.9. The van der Waals surface area contributed by atoms with Crippen molar-refractivity contribution in [2.45, 2.75) is 88.9 Å². The van der Waals surface area contributed by atoms with E-state index in [1.54, 1.807) is 0 Å². The Morgan fingerprint density at radius 3 is 1.91 bits per heavy atom. The Morgan fingerprint density at radius 1 is 0.474 bits per heavy atom. The fourth-order valence-corrected chi connectivity index (χ4v) is 11.6. The number of fused-ring (bicyclic) bond motifs is 6. The molecule has 1 nitrogen and oxygen atoms in total. The van der Waals surface area contributed by atoms with Crippen LogP contribution in [0.2, 0.25) is 0 Å². The van der Waals surface area contributed by atoms with Gasteiger partial charge in [0.05, 0.1) is 5.69 Å². The van der Waals surface area contributed by atoms with Crippen LogP contribution in [0.5, 0.6) is 0 Å². The SMILES string of the molecule is CC1(C)c2cc(-c3ccccc3)ccc2-c2cc(-c3ccccc3)c(N(c3ccc(C4CC5CCC4C5)cc3)c3ccc4ccc(C5CCCCC5)cc4c3)cc21. The molecule has 0 amide bonds. The van der Waals surface area contributed by atoms with Crippen molar-refractivity contribution in [1.82, 2.24) is 0 Å². The largest absolute Gasteiger partial charge is 0.310 e. The van der Waals surface area contributed by atoms with Crippen LogP contribution in [0.4, 0.5) is 17.1 Å². The van der Waals surface area contributed by atoms with E-state index >= 15 is 0 Å². The maximum atomic E-state index is 2.58. The van der Waals surface area contributed by atoms with Crippen LogP contribution in [-0.4, -0.2) is 0 Å². The summed E-state index contributed by atoms with van der Waals surface area (Å²) in [5, 5.41) is 2.65. The van der Waals surface area contributed by atoms with Crippen molar-refractivity contribution >= 4 is 27.8 Å². The van der Waals surface area contributed by atoms with Crippen LogP contribution >= 0.6 is 0 Å². The third kappa shape index (κ3) is 6.05. The molecule has 0 spiro atoms. The molecule has 57 heavy (non-hydrogen) atoms. The molecule has 0 saturated heterocycles. The van der Waals surface area contributed by atoms with E-state index in [1.807, 2.05) is 0 Å².